The van der Waals surface area contributed by atoms with E-state index in [2.05, 4.69) is 5.32 Å². The summed E-state index contributed by atoms with van der Waals surface area (Å²) in [7, 11) is 1.49. The van der Waals surface area contributed by atoms with Crippen molar-refractivity contribution in [1.82, 2.24) is 0 Å². The average molecular weight is 293 g/mol. The van der Waals surface area contributed by atoms with Crippen LogP contribution < -0.4 is 10.1 Å². The average Bonchev–Trinajstić information content (AvgIpc) is 2.36. The van der Waals surface area contributed by atoms with E-state index < -0.39 is 29.6 Å². The van der Waals surface area contributed by atoms with Crippen molar-refractivity contribution < 1.29 is 28.6 Å². The van der Waals surface area contributed by atoms with E-state index in [1.54, 1.807) is 24.3 Å². The lowest BCUT2D eigenvalue weighted by Gasteiger charge is -2.32. The Hall–Kier alpha value is -2.57. The van der Waals surface area contributed by atoms with Crippen molar-refractivity contribution in [3.8, 4) is 5.75 Å². The molecule has 1 aromatic rings. The van der Waals surface area contributed by atoms with E-state index in [4.69, 9.17) is 14.2 Å². The van der Waals surface area contributed by atoms with Gasteiger partial charge in [0.1, 0.15) is 5.75 Å². The molecule has 0 saturated carbocycles. The van der Waals surface area contributed by atoms with E-state index in [9.17, 15) is 14.4 Å². The van der Waals surface area contributed by atoms with Gasteiger partial charge in [-0.3, -0.25) is 14.4 Å². The van der Waals surface area contributed by atoms with Crippen LogP contribution in [0.25, 0.3) is 0 Å². The van der Waals surface area contributed by atoms with Gasteiger partial charge < -0.3 is 19.5 Å². The van der Waals surface area contributed by atoms with Gasteiger partial charge in [0.15, 0.2) is 0 Å². The van der Waals surface area contributed by atoms with Crippen molar-refractivity contribution in [2.45, 2.75) is 19.6 Å². The number of methoxy groups -OCH3 is 1. The molecule has 1 aliphatic heterocycles. The van der Waals surface area contributed by atoms with Crippen LogP contribution >= 0.6 is 0 Å². The van der Waals surface area contributed by atoms with Gasteiger partial charge in [-0.15, -0.1) is 0 Å². The SMILES string of the molecule is COc1cccc(NC(=O)C2C(=O)OC(C)(C)OC2=O)c1. The molecule has 1 heterocycles. The van der Waals surface area contributed by atoms with Crippen LogP contribution in [0.4, 0.5) is 5.69 Å². The maximum Gasteiger partial charge on any atom is 0.333 e. The number of ether oxygens (including phenoxy) is 3. The van der Waals surface area contributed by atoms with Crippen LogP contribution in [0.5, 0.6) is 5.75 Å². The Labute approximate surface area is 121 Å². The number of anilines is 1. The number of cyclic esters (lactones) is 2. The lowest BCUT2D eigenvalue weighted by Crippen LogP contribution is -2.50. The quantitative estimate of drug-likeness (QED) is 0.662. The van der Waals surface area contributed by atoms with E-state index in [1.165, 1.54) is 21.0 Å². The van der Waals surface area contributed by atoms with Crippen molar-refractivity contribution in [1.29, 1.82) is 0 Å². The first-order chi connectivity index (χ1) is 9.82. The molecule has 1 aliphatic rings. The van der Waals surface area contributed by atoms with Crippen molar-refractivity contribution in [2.24, 2.45) is 5.92 Å². The molecular formula is C14H15NO6. The van der Waals surface area contributed by atoms with Crippen LogP contribution in [-0.2, 0) is 23.9 Å². The van der Waals surface area contributed by atoms with Crippen LogP contribution in [-0.4, -0.2) is 30.7 Å². The third-order valence-electron chi connectivity index (χ3n) is 2.76. The second-order valence-electron chi connectivity index (χ2n) is 4.90. The summed E-state index contributed by atoms with van der Waals surface area (Å²) >= 11 is 0. The maximum atomic E-state index is 12.0. The summed E-state index contributed by atoms with van der Waals surface area (Å²) in [6.45, 7) is 2.83. The van der Waals surface area contributed by atoms with E-state index in [-0.39, 0.29) is 0 Å². The molecule has 1 aromatic carbocycles. The van der Waals surface area contributed by atoms with Crippen molar-refractivity contribution in [3.63, 3.8) is 0 Å². The molecule has 1 N–H and O–H groups in total. The fourth-order valence-electron chi connectivity index (χ4n) is 1.85. The Bertz CT molecular complexity index is 575. The number of nitrogens with one attached hydrogen (secondary N) is 1. The van der Waals surface area contributed by atoms with Gasteiger partial charge in [-0.25, -0.2) is 0 Å². The standard InChI is InChI=1S/C14H15NO6/c1-14(2)20-12(17)10(13(18)21-14)11(16)15-8-5-4-6-9(7-8)19-3/h4-7,10H,1-3H3,(H,15,16). The molecule has 0 spiro atoms. The predicted molar refractivity (Wildman–Crippen MR) is 71.4 cm³/mol. The minimum absolute atomic E-state index is 0.393. The number of esters is 2. The first-order valence-electron chi connectivity index (χ1n) is 6.23. The highest BCUT2D eigenvalue weighted by atomic mass is 16.7. The smallest absolute Gasteiger partial charge is 0.333 e. The van der Waals surface area contributed by atoms with Gasteiger partial charge in [-0.1, -0.05) is 6.07 Å². The Balaban J connectivity index is 2.13. The molecule has 1 saturated heterocycles. The van der Waals surface area contributed by atoms with Crippen LogP contribution in [0.15, 0.2) is 24.3 Å². The van der Waals surface area contributed by atoms with Crippen molar-refractivity contribution in [2.75, 3.05) is 12.4 Å². The summed E-state index contributed by atoms with van der Waals surface area (Å²) in [6, 6.07) is 6.52. The summed E-state index contributed by atoms with van der Waals surface area (Å²) in [4.78, 5) is 35.6. The zero-order chi connectivity index (χ0) is 15.6. The van der Waals surface area contributed by atoms with Gasteiger partial charge in [-0.2, -0.15) is 0 Å². The summed E-state index contributed by atoms with van der Waals surface area (Å²) in [5, 5.41) is 2.45. The Kier molecular flexibility index (Phi) is 3.84. The highest BCUT2D eigenvalue weighted by Crippen LogP contribution is 2.24. The summed E-state index contributed by atoms with van der Waals surface area (Å²) in [6.07, 6.45) is 0. The minimum atomic E-state index is -1.63. The summed E-state index contributed by atoms with van der Waals surface area (Å²) in [5.74, 6) is -5.14. The molecule has 1 amide bonds. The molecule has 0 unspecified atom stereocenters. The molecule has 7 nitrogen and oxygen atoms in total. The second-order valence-corrected chi connectivity index (χ2v) is 4.90. The molecule has 0 aliphatic carbocycles. The maximum absolute atomic E-state index is 12.0. The zero-order valence-electron chi connectivity index (χ0n) is 11.8. The highest BCUT2D eigenvalue weighted by molar-refractivity contribution is 6.18. The summed E-state index contributed by atoms with van der Waals surface area (Å²) in [5.41, 5.74) is 0.393. The van der Waals surface area contributed by atoms with E-state index in [0.29, 0.717) is 11.4 Å². The highest BCUT2D eigenvalue weighted by Gasteiger charge is 2.47. The van der Waals surface area contributed by atoms with Crippen LogP contribution in [0.1, 0.15) is 13.8 Å². The predicted octanol–water partition coefficient (Wildman–Crippen LogP) is 1.09. The first-order valence-corrected chi connectivity index (χ1v) is 6.23. The van der Waals surface area contributed by atoms with Gasteiger partial charge in [-0.05, 0) is 12.1 Å². The second kappa shape index (κ2) is 5.43. The first kappa shape index (κ1) is 14.8. The number of hydrogen-bond acceptors (Lipinski definition) is 6. The molecular weight excluding hydrogens is 278 g/mol. The van der Waals surface area contributed by atoms with Crippen LogP contribution in [0, 0.1) is 5.92 Å². The Morgan fingerprint density at radius 1 is 1.24 bits per heavy atom. The molecule has 112 valence electrons. The number of benzene rings is 1. The molecule has 2 rings (SSSR count). The minimum Gasteiger partial charge on any atom is -0.497 e. The third-order valence-corrected chi connectivity index (χ3v) is 2.76. The normalized spacial score (nSPS) is 17.7. The monoisotopic (exact) mass is 293 g/mol. The fraction of sp³-hybridized carbons (Fsp3) is 0.357. The van der Waals surface area contributed by atoms with Crippen molar-refractivity contribution in [3.05, 3.63) is 24.3 Å². The van der Waals surface area contributed by atoms with Gasteiger partial charge >= 0.3 is 11.9 Å². The Morgan fingerprint density at radius 2 is 1.86 bits per heavy atom. The number of amides is 1. The van der Waals surface area contributed by atoms with Crippen LogP contribution in [0.2, 0.25) is 0 Å². The van der Waals surface area contributed by atoms with Crippen molar-refractivity contribution >= 4 is 23.5 Å². The van der Waals surface area contributed by atoms with E-state index in [0.717, 1.165) is 0 Å². The number of carbonyl (C=O) groups excluding carboxylic acids is 3. The molecule has 0 bridgehead atoms. The van der Waals surface area contributed by atoms with Gasteiger partial charge in [0, 0.05) is 25.6 Å². The van der Waals surface area contributed by atoms with Crippen LogP contribution in [0.3, 0.4) is 0 Å². The zero-order valence-corrected chi connectivity index (χ0v) is 11.8. The van der Waals surface area contributed by atoms with Gasteiger partial charge in [0.05, 0.1) is 7.11 Å². The molecule has 1 fully saturated rings. The lowest BCUT2D eigenvalue weighted by atomic mass is 10.1. The Morgan fingerprint density at radius 3 is 2.43 bits per heavy atom. The van der Waals surface area contributed by atoms with Gasteiger partial charge in [0.25, 0.3) is 5.79 Å². The van der Waals surface area contributed by atoms with E-state index in [1.807, 2.05) is 0 Å². The molecule has 21 heavy (non-hydrogen) atoms. The molecule has 7 heteroatoms. The number of carbonyl (C=O) groups is 3. The molecule has 0 aromatic heterocycles. The fourth-order valence-corrected chi connectivity index (χ4v) is 1.85. The molecule has 0 radical (unpaired) electrons. The molecule has 0 atom stereocenters. The lowest BCUT2D eigenvalue weighted by molar-refractivity contribution is -0.238. The number of rotatable bonds is 3. The van der Waals surface area contributed by atoms with Gasteiger partial charge in [0.2, 0.25) is 11.8 Å². The topological polar surface area (TPSA) is 90.9 Å². The van der Waals surface area contributed by atoms with E-state index >= 15 is 0 Å². The number of hydrogen-bond donors (Lipinski definition) is 1. The largest absolute Gasteiger partial charge is 0.497 e. The summed E-state index contributed by atoms with van der Waals surface area (Å²) < 4.78 is 14.8. The third kappa shape index (κ3) is 3.31.